The van der Waals surface area contributed by atoms with Crippen molar-refractivity contribution in [1.82, 2.24) is 15.0 Å². The van der Waals surface area contributed by atoms with Crippen molar-refractivity contribution < 1.29 is 18.8 Å². The van der Waals surface area contributed by atoms with Crippen LogP contribution in [-0.4, -0.2) is 41.2 Å². The van der Waals surface area contributed by atoms with Crippen molar-refractivity contribution in [1.29, 1.82) is 0 Å². The summed E-state index contributed by atoms with van der Waals surface area (Å²) in [6, 6.07) is 15.4. The maximum Gasteiger partial charge on any atom is 0.232 e. The molecule has 2 heterocycles. The molecule has 1 saturated heterocycles. The fourth-order valence-electron chi connectivity index (χ4n) is 3.68. The van der Waals surface area contributed by atoms with Gasteiger partial charge in [-0.1, -0.05) is 36.7 Å². The van der Waals surface area contributed by atoms with E-state index in [9.17, 15) is 4.79 Å². The van der Waals surface area contributed by atoms with E-state index in [-0.39, 0.29) is 11.8 Å². The van der Waals surface area contributed by atoms with Gasteiger partial charge in [0.1, 0.15) is 11.5 Å². The molecule has 1 aromatic heterocycles. The average molecular weight is 421 g/mol. The lowest BCUT2D eigenvalue weighted by molar-refractivity contribution is -0.128. The smallest absolute Gasteiger partial charge is 0.232 e. The number of rotatable bonds is 9. The number of carbonyl (C=O) groups excluding carboxylic acids is 1. The third kappa shape index (κ3) is 4.87. The zero-order valence-corrected chi connectivity index (χ0v) is 17.9. The van der Waals surface area contributed by atoms with Crippen LogP contribution in [0, 0.1) is 0 Å². The second kappa shape index (κ2) is 9.64. The highest BCUT2D eigenvalue weighted by atomic mass is 16.5. The zero-order valence-electron chi connectivity index (χ0n) is 17.9. The maximum atomic E-state index is 12.6. The van der Waals surface area contributed by atoms with Gasteiger partial charge in [-0.05, 0) is 36.8 Å². The van der Waals surface area contributed by atoms with Crippen molar-refractivity contribution in [3.63, 3.8) is 0 Å². The summed E-state index contributed by atoms with van der Waals surface area (Å²) in [7, 11) is 1.64. The maximum absolute atomic E-state index is 12.6. The number of carbonyl (C=O) groups is 1. The number of nitrogens with zero attached hydrogens (tertiary/aromatic N) is 3. The van der Waals surface area contributed by atoms with Gasteiger partial charge in [-0.2, -0.15) is 4.98 Å². The van der Waals surface area contributed by atoms with Gasteiger partial charge in [-0.25, -0.2) is 0 Å². The predicted molar refractivity (Wildman–Crippen MR) is 116 cm³/mol. The molecule has 0 radical (unpaired) electrons. The van der Waals surface area contributed by atoms with Crippen molar-refractivity contribution in [2.75, 3.05) is 20.3 Å². The van der Waals surface area contributed by atoms with Gasteiger partial charge in [0.05, 0.1) is 19.6 Å². The lowest BCUT2D eigenvalue weighted by Crippen LogP contribution is -2.24. The lowest BCUT2D eigenvalue weighted by atomic mass is 10.1. The summed E-state index contributed by atoms with van der Waals surface area (Å²) in [4.78, 5) is 18.9. The molecule has 1 aliphatic rings. The number of aromatic nitrogens is 2. The molecule has 1 amide bonds. The van der Waals surface area contributed by atoms with Gasteiger partial charge >= 0.3 is 0 Å². The molecular formula is C24H27N3O4. The molecule has 2 aromatic carbocycles. The Balaban J connectivity index is 1.40. The first-order valence-corrected chi connectivity index (χ1v) is 10.6. The Bertz CT molecular complexity index is 1020. The molecule has 1 atom stereocenters. The number of unbranched alkanes of at least 4 members (excludes halogenated alkanes) is 1. The number of amides is 1. The number of hydrogen-bond donors (Lipinski definition) is 0. The third-order valence-electron chi connectivity index (χ3n) is 5.44. The summed E-state index contributed by atoms with van der Waals surface area (Å²) < 4.78 is 16.6. The van der Waals surface area contributed by atoms with Gasteiger partial charge in [0.25, 0.3) is 0 Å². The Labute approximate surface area is 182 Å². The molecule has 0 N–H and O–H groups in total. The van der Waals surface area contributed by atoms with E-state index >= 15 is 0 Å². The van der Waals surface area contributed by atoms with Crippen LogP contribution in [0.1, 0.15) is 43.6 Å². The van der Waals surface area contributed by atoms with E-state index in [1.807, 2.05) is 53.4 Å². The van der Waals surface area contributed by atoms with Crippen LogP contribution in [0.4, 0.5) is 0 Å². The number of para-hydroxylation sites is 1. The van der Waals surface area contributed by atoms with Crippen LogP contribution in [0.15, 0.2) is 53.1 Å². The second-order valence-electron chi connectivity index (χ2n) is 7.67. The fraction of sp³-hybridized carbons (Fsp3) is 0.375. The van der Waals surface area contributed by atoms with Crippen LogP contribution < -0.4 is 9.47 Å². The summed E-state index contributed by atoms with van der Waals surface area (Å²) in [5.41, 5.74) is 1.83. The first kappa shape index (κ1) is 20.9. The highest BCUT2D eigenvalue weighted by Crippen LogP contribution is 2.31. The van der Waals surface area contributed by atoms with Crippen molar-refractivity contribution in [2.24, 2.45) is 0 Å². The lowest BCUT2D eigenvalue weighted by Gasteiger charge is -2.17. The second-order valence-corrected chi connectivity index (χ2v) is 7.67. The van der Waals surface area contributed by atoms with Crippen LogP contribution in [0.25, 0.3) is 11.4 Å². The standard InChI is InChI=1S/C24H27N3O4/c1-3-4-13-30-20-11-9-17(10-12-20)23-25-24(31-26-23)19-14-22(28)27(16-19)15-18-7-5-6-8-21(18)29-2/h5-12,19H,3-4,13-16H2,1-2H3. The molecule has 31 heavy (non-hydrogen) atoms. The number of benzene rings is 2. The van der Waals surface area contributed by atoms with Gasteiger partial charge in [-0.15, -0.1) is 0 Å². The Morgan fingerprint density at radius 1 is 1.16 bits per heavy atom. The van der Waals surface area contributed by atoms with E-state index in [2.05, 4.69) is 17.1 Å². The van der Waals surface area contributed by atoms with E-state index in [0.717, 1.165) is 35.5 Å². The van der Waals surface area contributed by atoms with Crippen molar-refractivity contribution in [3.05, 3.63) is 60.0 Å². The van der Waals surface area contributed by atoms with E-state index in [1.165, 1.54) is 0 Å². The van der Waals surface area contributed by atoms with Crippen molar-refractivity contribution in [3.8, 4) is 22.9 Å². The van der Waals surface area contributed by atoms with Crippen molar-refractivity contribution in [2.45, 2.75) is 38.6 Å². The summed E-state index contributed by atoms with van der Waals surface area (Å²) >= 11 is 0. The fourth-order valence-corrected chi connectivity index (χ4v) is 3.68. The van der Waals surface area contributed by atoms with E-state index < -0.39 is 0 Å². The Hall–Kier alpha value is -3.35. The zero-order chi connectivity index (χ0) is 21.6. The minimum Gasteiger partial charge on any atom is -0.496 e. The number of ether oxygens (including phenoxy) is 2. The minimum absolute atomic E-state index is 0.0734. The first-order chi connectivity index (χ1) is 15.2. The number of likely N-dealkylation sites (tertiary alicyclic amines) is 1. The van der Waals surface area contributed by atoms with E-state index in [0.29, 0.717) is 37.8 Å². The van der Waals surface area contributed by atoms with Crippen LogP contribution in [0.3, 0.4) is 0 Å². The summed E-state index contributed by atoms with van der Waals surface area (Å²) in [6.45, 7) is 3.89. The Morgan fingerprint density at radius 3 is 2.74 bits per heavy atom. The predicted octanol–water partition coefficient (Wildman–Crippen LogP) is 4.44. The van der Waals surface area contributed by atoms with Gasteiger partial charge in [-0.3, -0.25) is 4.79 Å². The highest BCUT2D eigenvalue weighted by molar-refractivity contribution is 5.79. The number of methoxy groups -OCH3 is 1. The Morgan fingerprint density at radius 2 is 1.97 bits per heavy atom. The van der Waals surface area contributed by atoms with Gasteiger partial charge in [0.2, 0.25) is 17.6 Å². The van der Waals surface area contributed by atoms with Crippen molar-refractivity contribution >= 4 is 5.91 Å². The molecule has 0 spiro atoms. The van der Waals surface area contributed by atoms with E-state index in [4.69, 9.17) is 14.0 Å². The van der Waals surface area contributed by atoms with Gasteiger partial charge in [0, 0.05) is 30.6 Å². The molecule has 1 unspecified atom stereocenters. The molecule has 7 nitrogen and oxygen atoms in total. The largest absolute Gasteiger partial charge is 0.496 e. The molecule has 4 rings (SSSR count). The SMILES string of the molecule is CCCCOc1ccc(-c2noc(C3CC(=O)N(Cc4ccccc4OC)C3)n2)cc1. The third-order valence-corrected chi connectivity index (χ3v) is 5.44. The van der Waals surface area contributed by atoms with E-state index in [1.54, 1.807) is 7.11 Å². The normalized spacial score (nSPS) is 16.0. The molecule has 0 bridgehead atoms. The summed E-state index contributed by atoms with van der Waals surface area (Å²) in [5, 5.41) is 4.12. The van der Waals surface area contributed by atoms with Crippen LogP contribution in [0.2, 0.25) is 0 Å². The van der Waals surface area contributed by atoms with Crippen LogP contribution in [0.5, 0.6) is 11.5 Å². The van der Waals surface area contributed by atoms with Crippen LogP contribution in [-0.2, 0) is 11.3 Å². The molecular weight excluding hydrogens is 394 g/mol. The molecule has 7 heteroatoms. The molecule has 162 valence electrons. The summed E-state index contributed by atoms with van der Waals surface area (Å²) in [6.07, 6.45) is 2.49. The molecule has 1 aliphatic heterocycles. The molecule has 0 saturated carbocycles. The molecule has 3 aromatic rings. The van der Waals surface area contributed by atoms with Gasteiger partial charge < -0.3 is 18.9 Å². The topological polar surface area (TPSA) is 77.7 Å². The molecule has 1 fully saturated rings. The molecule has 0 aliphatic carbocycles. The van der Waals surface area contributed by atoms with Gasteiger partial charge in [0.15, 0.2) is 0 Å². The first-order valence-electron chi connectivity index (χ1n) is 10.6. The monoisotopic (exact) mass is 421 g/mol. The average Bonchev–Trinajstić information content (AvgIpc) is 3.42. The minimum atomic E-state index is -0.111. The van der Waals surface area contributed by atoms with Crippen LogP contribution >= 0.6 is 0 Å². The Kier molecular flexibility index (Phi) is 6.50. The highest BCUT2D eigenvalue weighted by Gasteiger charge is 2.34. The quantitative estimate of drug-likeness (QED) is 0.475. The number of hydrogen-bond acceptors (Lipinski definition) is 6. The summed E-state index contributed by atoms with van der Waals surface area (Å²) in [5.74, 6) is 2.58.